The summed E-state index contributed by atoms with van der Waals surface area (Å²) in [6, 6.07) is 14.5. The molecule has 0 saturated carbocycles. The van der Waals surface area contributed by atoms with E-state index in [-0.39, 0.29) is 23.6 Å². The molecule has 0 radical (unpaired) electrons. The van der Waals surface area contributed by atoms with Crippen molar-refractivity contribution in [2.24, 2.45) is 17.2 Å². The van der Waals surface area contributed by atoms with E-state index in [0.29, 0.717) is 24.2 Å². The Labute approximate surface area is 189 Å². The van der Waals surface area contributed by atoms with Crippen LogP contribution in [0.15, 0.2) is 48.5 Å². The van der Waals surface area contributed by atoms with Gasteiger partial charge in [-0.05, 0) is 87.1 Å². The average Bonchev–Trinajstić information content (AvgIpc) is 2.76. The van der Waals surface area contributed by atoms with E-state index in [1.54, 1.807) is 24.3 Å². The van der Waals surface area contributed by atoms with Crippen molar-refractivity contribution in [3.63, 3.8) is 0 Å². The number of ether oxygens (including phenoxy) is 2. The van der Waals surface area contributed by atoms with Crippen molar-refractivity contribution in [2.45, 2.75) is 51.0 Å². The van der Waals surface area contributed by atoms with E-state index in [0.717, 1.165) is 50.0 Å². The van der Waals surface area contributed by atoms with Gasteiger partial charge < -0.3 is 26.7 Å². The molecule has 2 rings (SSSR count). The van der Waals surface area contributed by atoms with E-state index in [2.05, 4.69) is 0 Å². The predicted molar refractivity (Wildman–Crippen MR) is 129 cm³/mol. The molecule has 0 aliphatic rings. The zero-order valence-corrected chi connectivity index (χ0v) is 18.4. The molecule has 0 fully saturated rings. The highest BCUT2D eigenvalue weighted by Gasteiger charge is 2.11. The first kappa shape index (κ1) is 24.7. The minimum absolute atomic E-state index is 0.0354. The number of nitrogen functional groups attached to an aromatic ring is 2. The Balaban J connectivity index is 1.80. The van der Waals surface area contributed by atoms with E-state index in [1.807, 2.05) is 24.3 Å². The highest BCUT2D eigenvalue weighted by Crippen LogP contribution is 2.20. The quantitative estimate of drug-likeness (QED) is 0.141. The third-order valence-corrected chi connectivity index (χ3v) is 5.04. The van der Waals surface area contributed by atoms with Gasteiger partial charge in [-0.25, -0.2) is 0 Å². The second-order valence-corrected chi connectivity index (χ2v) is 7.73. The fourth-order valence-corrected chi connectivity index (χ4v) is 3.25. The summed E-state index contributed by atoms with van der Waals surface area (Å²) in [5, 5.41) is 22.3. The van der Waals surface area contributed by atoms with Crippen LogP contribution in [0.4, 0.5) is 0 Å². The molecule has 1 atom stereocenters. The lowest BCUT2D eigenvalue weighted by Crippen LogP contribution is -2.18. The van der Waals surface area contributed by atoms with Crippen LogP contribution in [0.3, 0.4) is 0 Å². The zero-order chi connectivity index (χ0) is 23.3. The fraction of sp³-hybridized carbons (Fsp3) is 0.375. The second kappa shape index (κ2) is 13.0. The topological polar surface area (TPSA) is 168 Å². The number of nitrogens with two attached hydrogens (primary N) is 3. The van der Waals surface area contributed by atoms with Crippen molar-refractivity contribution in [1.29, 1.82) is 16.2 Å². The van der Waals surface area contributed by atoms with E-state index in [9.17, 15) is 0 Å². The van der Waals surface area contributed by atoms with Gasteiger partial charge in [-0.3, -0.25) is 16.2 Å². The molecular formula is C24H34N6O2. The molecule has 0 bridgehead atoms. The van der Waals surface area contributed by atoms with Crippen LogP contribution in [0.1, 0.15) is 56.1 Å². The highest BCUT2D eigenvalue weighted by atomic mass is 16.5. The van der Waals surface area contributed by atoms with Gasteiger partial charge in [0.15, 0.2) is 0 Å². The summed E-state index contributed by atoms with van der Waals surface area (Å²) in [5.41, 5.74) is 17.8. The van der Waals surface area contributed by atoms with Crippen LogP contribution in [0.25, 0.3) is 0 Å². The normalized spacial score (nSPS) is 11.5. The molecule has 172 valence electrons. The number of rotatable bonds is 15. The first-order chi connectivity index (χ1) is 15.3. The minimum Gasteiger partial charge on any atom is -0.494 e. The molecule has 0 amide bonds. The van der Waals surface area contributed by atoms with Crippen molar-refractivity contribution < 1.29 is 9.47 Å². The highest BCUT2D eigenvalue weighted by molar-refractivity contribution is 5.95. The zero-order valence-electron chi connectivity index (χ0n) is 18.4. The Morgan fingerprint density at radius 2 is 1.19 bits per heavy atom. The van der Waals surface area contributed by atoms with Gasteiger partial charge in [0.25, 0.3) is 0 Å². The molecule has 0 spiro atoms. The summed E-state index contributed by atoms with van der Waals surface area (Å²) in [7, 11) is 0. The summed E-state index contributed by atoms with van der Waals surface area (Å²) in [5.74, 6) is 1.82. The maximum absolute atomic E-state index is 7.50. The van der Waals surface area contributed by atoms with Crippen molar-refractivity contribution in [3.8, 4) is 11.5 Å². The molecule has 2 aromatic carbocycles. The lowest BCUT2D eigenvalue weighted by Gasteiger charge is -2.19. The van der Waals surface area contributed by atoms with E-state index >= 15 is 0 Å². The van der Waals surface area contributed by atoms with Gasteiger partial charge in [0.2, 0.25) is 0 Å². The van der Waals surface area contributed by atoms with Crippen molar-refractivity contribution in [3.05, 3.63) is 59.7 Å². The van der Waals surface area contributed by atoms with Crippen LogP contribution >= 0.6 is 0 Å². The first-order valence-corrected chi connectivity index (χ1v) is 10.9. The van der Waals surface area contributed by atoms with Crippen LogP contribution in [-0.2, 0) is 0 Å². The largest absolute Gasteiger partial charge is 0.494 e. The second-order valence-electron chi connectivity index (χ2n) is 7.73. The monoisotopic (exact) mass is 438 g/mol. The molecular weight excluding hydrogens is 404 g/mol. The maximum atomic E-state index is 7.50. The molecule has 0 aromatic heterocycles. The van der Waals surface area contributed by atoms with Crippen LogP contribution in [0, 0.1) is 16.2 Å². The number of nitrogens with one attached hydrogen (secondary N) is 3. The molecule has 1 unspecified atom stereocenters. The lowest BCUT2D eigenvalue weighted by atomic mass is 10.0. The Kier molecular flexibility index (Phi) is 10.0. The Bertz CT molecular complexity index is 880. The van der Waals surface area contributed by atoms with E-state index in [1.165, 1.54) is 0 Å². The molecule has 8 nitrogen and oxygen atoms in total. The fourth-order valence-electron chi connectivity index (χ4n) is 3.25. The summed E-state index contributed by atoms with van der Waals surface area (Å²) in [6.45, 7) is 0.601. The lowest BCUT2D eigenvalue weighted by molar-refractivity contribution is 0.170. The number of hydrogen-bond donors (Lipinski definition) is 6. The van der Waals surface area contributed by atoms with Crippen molar-refractivity contribution in [2.75, 3.05) is 6.61 Å². The predicted octanol–water partition coefficient (Wildman–Crippen LogP) is 3.75. The third-order valence-electron chi connectivity index (χ3n) is 5.04. The maximum Gasteiger partial charge on any atom is 0.122 e. The van der Waals surface area contributed by atoms with Gasteiger partial charge in [-0.1, -0.05) is 0 Å². The number of amidine groups is 3. The van der Waals surface area contributed by atoms with Gasteiger partial charge >= 0.3 is 0 Å². The van der Waals surface area contributed by atoms with Crippen LogP contribution in [0.2, 0.25) is 0 Å². The van der Waals surface area contributed by atoms with Gasteiger partial charge in [-0.15, -0.1) is 0 Å². The van der Waals surface area contributed by atoms with Gasteiger partial charge in [-0.2, -0.15) is 0 Å². The molecule has 8 heteroatoms. The van der Waals surface area contributed by atoms with Crippen LogP contribution < -0.4 is 26.7 Å². The van der Waals surface area contributed by atoms with Gasteiger partial charge in [0.05, 0.1) is 18.5 Å². The molecule has 0 saturated heterocycles. The summed E-state index contributed by atoms with van der Waals surface area (Å²) >= 11 is 0. The summed E-state index contributed by atoms with van der Waals surface area (Å²) in [6.07, 6.45) is 6.10. The molecule has 0 aliphatic heterocycles. The first-order valence-electron chi connectivity index (χ1n) is 10.9. The summed E-state index contributed by atoms with van der Waals surface area (Å²) < 4.78 is 12.0. The SMILES string of the molecule is N=C(N)CCCCC(CCCCOc1ccc(C(=N)N)cc1)Oc1ccc(C(=N)N)cc1. The van der Waals surface area contributed by atoms with Gasteiger partial charge in [0, 0.05) is 17.5 Å². The Morgan fingerprint density at radius 1 is 0.688 bits per heavy atom. The number of benzene rings is 2. The van der Waals surface area contributed by atoms with Crippen LogP contribution in [0.5, 0.6) is 11.5 Å². The minimum atomic E-state index is 0.0354. The number of unbranched alkanes of at least 4 members (excludes halogenated alkanes) is 2. The standard InChI is InChI=1S/C24H34N6O2/c25-22(26)7-2-1-5-20(32-21-14-10-18(11-15-21)24(29)30)6-3-4-16-31-19-12-8-17(9-13-19)23(27)28/h8-15,20H,1-7,16H2,(H3,25,26)(H3,27,28)(H3,29,30). The Hall–Kier alpha value is -3.55. The van der Waals surface area contributed by atoms with Crippen molar-refractivity contribution in [1.82, 2.24) is 0 Å². The molecule has 0 heterocycles. The molecule has 9 N–H and O–H groups in total. The molecule has 2 aromatic rings. The number of hydrogen-bond acceptors (Lipinski definition) is 5. The smallest absolute Gasteiger partial charge is 0.122 e. The van der Waals surface area contributed by atoms with Crippen LogP contribution in [-0.4, -0.2) is 30.2 Å². The molecule has 0 aliphatic carbocycles. The van der Waals surface area contributed by atoms with E-state index < -0.39 is 0 Å². The molecule has 32 heavy (non-hydrogen) atoms. The average molecular weight is 439 g/mol. The Morgan fingerprint density at radius 3 is 1.69 bits per heavy atom. The van der Waals surface area contributed by atoms with Crippen molar-refractivity contribution >= 4 is 17.5 Å². The van der Waals surface area contributed by atoms with Gasteiger partial charge in [0.1, 0.15) is 23.2 Å². The third kappa shape index (κ3) is 9.07. The van der Waals surface area contributed by atoms with E-state index in [4.69, 9.17) is 42.9 Å². The summed E-state index contributed by atoms with van der Waals surface area (Å²) in [4.78, 5) is 0.